The Morgan fingerprint density at radius 3 is 2.34 bits per heavy atom. The van der Waals surface area contributed by atoms with Crippen LogP contribution in [0.3, 0.4) is 0 Å². The van der Waals surface area contributed by atoms with Gasteiger partial charge < -0.3 is 15.2 Å². The number of urea groups is 1. The first kappa shape index (κ1) is 20.7. The molecular formula is C20H17ClN2O5S. The van der Waals surface area contributed by atoms with Crippen molar-refractivity contribution in [3.05, 3.63) is 82.9 Å². The highest BCUT2D eigenvalue weighted by Crippen LogP contribution is 2.34. The van der Waals surface area contributed by atoms with Crippen LogP contribution < -0.4 is 15.2 Å². The molecule has 0 unspecified atom stereocenters. The second-order valence-electron chi connectivity index (χ2n) is 6.21. The predicted molar refractivity (Wildman–Crippen MR) is 112 cm³/mol. The van der Waals surface area contributed by atoms with Crippen LogP contribution in [0.1, 0.15) is 11.1 Å². The van der Waals surface area contributed by atoms with Gasteiger partial charge in [0.2, 0.25) is 0 Å². The molecule has 2 amide bonds. The molecule has 29 heavy (non-hydrogen) atoms. The number of amides is 2. The van der Waals surface area contributed by atoms with E-state index < -0.39 is 16.4 Å². The summed E-state index contributed by atoms with van der Waals surface area (Å²) in [6.07, 6.45) is 0.538. The van der Waals surface area contributed by atoms with Gasteiger partial charge in [-0.25, -0.2) is 4.79 Å². The molecule has 3 aromatic carbocycles. The lowest BCUT2D eigenvalue weighted by molar-refractivity contribution is 0.259. The summed E-state index contributed by atoms with van der Waals surface area (Å²) >= 11 is 6.05. The summed E-state index contributed by atoms with van der Waals surface area (Å²) < 4.78 is 36.2. The zero-order valence-corrected chi connectivity index (χ0v) is 16.6. The van der Waals surface area contributed by atoms with Gasteiger partial charge in [0.25, 0.3) is 0 Å². The van der Waals surface area contributed by atoms with Gasteiger partial charge in [0, 0.05) is 16.3 Å². The Balaban J connectivity index is 1.94. The fourth-order valence-electron chi connectivity index (χ4n) is 2.84. The SMILES string of the molecule is NC(=O)Nc1ccc(Cc2ccc(OS(=O)(=O)O)c(-c3cccc(Cl)c3)c2)cc1. The maximum absolute atomic E-state index is 11.2. The molecule has 0 fully saturated rings. The molecule has 3 aromatic rings. The summed E-state index contributed by atoms with van der Waals surface area (Å²) in [5.41, 5.74) is 8.61. The summed E-state index contributed by atoms with van der Waals surface area (Å²) in [4.78, 5) is 10.9. The van der Waals surface area contributed by atoms with E-state index in [0.29, 0.717) is 28.3 Å². The maximum atomic E-state index is 11.2. The molecule has 9 heteroatoms. The quantitative estimate of drug-likeness (QED) is 0.502. The largest absolute Gasteiger partial charge is 0.446 e. The van der Waals surface area contributed by atoms with Crippen LogP contribution in [0, 0.1) is 0 Å². The standard InChI is InChI=1S/C20H17ClN2O5S/c21-16-3-1-2-15(12-16)18-11-14(6-9-19(18)28-29(25,26)27)10-13-4-7-17(8-5-13)23-20(22)24/h1-9,11-12H,10H2,(H3,22,23,24)(H,25,26,27). The van der Waals surface area contributed by atoms with Crippen LogP contribution in [0.2, 0.25) is 5.02 Å². The molecule has 0 bridgehead atoms. The van der Waals surface area contributed by atoms with Crippen LogP contribution in [-0.4, -0.2) is 19.0 Å². The van der Waals surface area contributed by atoms with Gasteiger partial charge in [-0.3, -0.25) is 4.55 Å². The molecule has 0 aliphatic heterocycles. The Kier molecular flexibility index (Phi) is 6.07. The molecule has 0 atom stereocenters. The van der Waals surface area contributed by atoms with E-state index >= 15 is 0 Å². The minimum absolute atomic E-state index is 0.0143. The summed E-state index contributed by atoms with van der Waals surface area (Å²) in [7, 11) is -4.68. The first-order valence-electron chi connectivity index (χ1n) is 8.41. The van der Waals surface area contributed by atoms with Crippen molar-refractivity contribution >= 4 is 33.7 Å². The molecule has 3 rings (SSSR count). The number of hydrogen-bond donors (Lipinski definition) is 3. The van der Waals surface area contributed by atoms with Gasteiger partial charge in [-0.05, 0) is 59.5 Å². The lowest BCUT2D eigenvalue weighted by atomic mass is 9.98. The van der Waals surface area contributed by atoms with E-state index in [1.165, 1.54) is 6.07 Å². The van der Waals surface area contributed by atoms with Crippen molar-refractivity contribution in [3.63, 3.8) is 0 Å². The molecule has 0 aromatic heterocycles. The van der Waals surface area contributed by atoms with Gasteiger partial charge in [-0.1, -0.05) is 41.9 Å². The molecule has 150 valence electrons. The predicted octanol–water partition coefficient (Wildman–Crippen LogP) is 4.27. The van der Waals surface area contributed by atoms with Gasteiger partial charge >= 0.3 is 16.4 Å². The molecule has 7 nitrogen and oxygen atoms in total. The second-order valence-corrected chi connectivity index (χ2v) is 7.67. The number of nitrogens with one attached hydrogen (secondary N) is 1. The summed E-state index contributed by atoms with van der Waals surface area (Å²) in [5.74, 6) is -0.0143. The van der Waals surface area contributed by atoms with E-state index in [4.69, 9.17) is 26.1 Å². The highest BCUT2D eigenvalue weighted by molar-refractivity contribution is 7.81. The van der Waals surface area contributed by atoms with Crippen LogP contribution in [0.5, 0.6) is 5.75 Å². The van der Waals surface area contributed by atoms with Gasteiger partial charge in [-0.15, -0.1) is 0 Å². The van der Waals surface area contributed by atoms with Crippen molar-refractivity contribution in [2.75, 3.05) is 5.32 Å². The number of carbonyl (C=O) groups excluding carboxylic acids is 1. The minimum Gasteiger partial charge on any atom is -0.361 e. The molecule has 0 heterocycles. The van der Waals surface area contributed by atoms with Crippen molar-refractivity contribution < 1.29 is 21.9 Å². The molecular weight excluding hydrogens is 416 g/mol. The van der Waals surface area contributed by atoms with Gasteiger partial charge in [0.15, 0.2) is 5.75 Å². The van der Waals surface area contributed by atoms with E-state index in [-0.39, 0.29) is 5.75 Å². The van der Waals surface area contributed by atoms with Crippen molar-refractivity contribution in [2.24, 2.45) is 5.73 Å². The zero-order chi connectivity index (χ0) is 21.0. The van der Waals surface area contributed by atoms with Crippen LogP contribution in [0.15, 0.2) is 66.7 Å². The van der Waals surface area contributed by atoms with Crippen LogP contribution >= 0.6 is 11.6 Å². The van der Waals surface area contributed by atoms with Crippen LogP contribution in [0.25, 0.3) is 11.1 Å². The maximum Gasteiger partial charge on any atom is 0.446 e. The lowest BCUT2D eigenvalue weighted by Crippen LogP contribution is -2.19. The van der Waals surface area contributed by atoms with Crippen molar-refractivity contribution in [2.45, 2.75) is 6.42 Å². The van der Waals surface area contributed by atoms with Gasteiger partial charge in [0.05, 0.1) is 0 Å². The van der Waals surface area contributed by atoms with Crippen LogP contribution in [-0.2, 0) is 16.8 Å². The molecule has 0 aliphatic carbocycles. The Morgan fingerprint density at radius 1 is 1.03 bits per heavy atom. The van der Waals surface area contributed by atoms with E-state index in [1.54, 1.807) is 48.5 Å². The molecule has 0 aliphatic rings. The average molecular weight is 433 g/mol. The van der Waals surface area contributed by atoms with Gasteiger partial charge in [-0.2, -0.15) is 8.42 Å². The monoisotopic (exact) mass is 432 g/mol. The zero-order valence-electron chi connectivity index (χ0n) is 15.0. The lowest BCUT2D eigenvalue weighted by Gasteiger charge is -2.12. The number of rotatable bonds is 6. The number of halogens is 1. The third-order valence-electron chi connectivity index (χ3n) is 4.00. The smallest absolute Gasteiger partial charge is 0.361 e. The van der Waals surface area contributed by atoms with Crippen molar-refractivity contribution in [1.82, 2.24) is 0 Å². The Labute approximate surface area is 173 Å². The first-order valence-corrected chi connectivity index (χ1v) is 10.1. The van der Waals surface area contributed by atoms with Crippen molar-refractivity contribution in [1.29, 1.82) is 0 Å². The topological polar surface area (TPSA) is 119 Å². The summed E-state index contributed by atoms with van der Waals surface area (Å²) in [6, 6.07) is 18.3. The molecule has 0 spiro atoms. The van der Waals surface area contributed by atoms with Crippen molar-refractivity contribution in [3.8, 4) is 16.9 Å². The summed E-state index contributed by atoms with van der Waals surface area (Å²) in [6.45, 7) is 0. The Hall–Kier alpha value is -3.07. The Bertz CT molecular complexity index is 1150. The van der Waals surface area contributed by atoms with Gasteiger partial charge in [0.1, 0.15) is 0 Å². The number of carbonyl (C=O) groups is 1. The molecule has 0 saturated heterocycles. The molecule has 0 radical (unpaired) electrons. The fraction of sp³-hybridized carbons (Fsp3) is 0.0500. The number of nitrogens with two attached hydrogens (primary N) is 1. The summed E-state index contributed by atoms with van der Waals surface area (Å²) in [5, 5.41) is 2.97. The van der Waals surface area contributed by atoms with E-state index in [9.17, 15) is 13.2 Å². The first-order chi connectivity index (χ1) is 13.7. The molecule has 0 saturated carbocycles. The number of primary amides is 1. The third-order valence-corrected chi connectivity index (χ3v) is 4.63. The highest BCUT2D eigenvalue weighted by Gasteiger charge is 2.14. The molecule has 4 N–H and O–H groups in total. The highest BCUT2D eigenvalue weighted by atomic mass is 35.5. The third kappa shape index (κ3) is 5.95. The number of hydrogen-bond acceptors (Lipinski definition) is 4. The average Bonchev–Trinajstić information content (AvgIpc) is 2.63. The minimum atomic E-state index is -4.68. The number of anilines is 1. The second kappa shape index (κ2) is 8.52. The fourth-order valence-corrected chi connectivity index (χ4v) is 3.40. The normalized spacial score (nSPS) is 11.1. The van der Waals surface area contributed by atoms with E-state index in [0.717, 1.165) is 11.1 Å². The van der Waals surface area contributed by atoms with E-state index in [1.807, 2.05) is 12.1 Å². The van der Waals surface area contributed by atoms with E-state index in [2.05, 4.69) is 5.32 Å². The number of benzene rings is 3. The van der Waals surface area contributed by atoms with Crippen LogP contribution in [0.4, 0.5) is 10.5 Å². The Morgan fingerprint density at radius 2 is 1.72 bits per heavy atom.